The van der Waals surface area contributed by atoms with E-state index < -0.39 is 11.9 Å². The van der Waals surface area contributed by atoms with Gasteiger partial charge in [-0.05, 0) is 18.1 Å². The van der Waals surface area contributed by atoms with Gasteiger partial charge >= 0.3 is 11.9 Å². The molecule has 2 atom stereocenters. The summed E-state index contributed by atoms with van der Waals surface area (Å²) in [6.45, 7) is 4.21. The molecule has 2 unspecified atom stereocenters. The number of aromatic carboxylic acids is 2. The number of hydrogen-bond donors (Lipinski definition) is 2. The van der Waals surface area contributed by atoms with Crippen LogP contribution in [0, 0.1) is 0 Å². The van der Waals surface area contributed by atoms with Gasteiger partial charge in [-0.1, -0.05) is 18.2 Å². The van der Waals surface area contributed by atoms with Gasteiger partial charge in [-0.15, -0.1) is 6.58 Å². The van der Waals surface area contributed by atoms with E-state index in [0.717, 1.165) is 0 Å². The van der Waals surface area contributed by atoms with Crippen LogP contribution in [0.5, 0.6) is 0 Å². The van der Waals surface area contributed by atoms with E-state index in [1.54, 1.807) is 18.2 Å². The Morgan fingerprint density at radius 1 is 1.42 bits per heavy atom. The van der Waals surface area contributed by atoms with E-state index in [9.17, 15) is 14.7 Å². The maximum Gasteiger partial charge on any atom is 0.336 e. The summed E-state index contributed by atoms with van der Waals surface area (Å²) in [5.74, 6) is -2.64. The van der Waals surface area contributed by atoms with Crippen molar-refractivity contribution >= 4 is 11.9 Å². The Hall–Kier alpha value is -2.14. The van der Waals surface area contributed by atoms with E-state index in [0.29, 0.717) is 18.6 Å². The van der Waals surface area contributed by atoms with Gasteiger partial charge in [0.25, 0.3) is 0 Å². The van der Waals surface area contributed by atoms with Crippen LogP contribution >= 0.6 is 0 Å². The van der Waals surface area contributed by atoms with Crippen molar-refractivity contribution in [2.24, 2.45) is 0 Å². The van der Waals surface area contributed by atoms with Gasteiger partial charge in [-0.3, -0.25) is 0 Å². The largest absolute Gasteiger partial charge is 0.478 e. The Bertz CT molecular complexity index is 531. The van der Waals surface area contributed by atoms with E-state index in [1.165, 1.54) is 6.07 Å². The van der Waals surface area contributed by atoms with Crippen LogP contribution in [0.3, 0.4) is 0 Å². The van der Waals surface area contributed by atoms with Crippen molar-refractivity contribution in [2.45, 2.75) is 18.4 Å². The minimum atomic E-state index is -1.24. The predicted molar refractivity (Wildman–Crippen MR) is 67.7 cm³/mol. The summed E-state index contributed by atoms with van der Waals surface area (Å²) >= 11 is 0. The van der Waals surface area contributed by atoms with Crippen LogP contribution in [0.2, 0.25) is 0 Å². The molecule has 0 radical (unpaired) electrons. The molecule has 0 aromatic heterocycles. The second-order valence-corrected chi connectivity index (χ2v) is 4.38. The number of carboxylic acid groups (broad SMARTS) is 2. The fourth-order valence-electron chi connectivity index (χ4n) is 2.24. The zero-order chi connectivity index (χ0) is 14.0. The van der Waals surface area contributed by atoms with Crippen molar-refractivity contribution in [2.75, 3.05) is 6.61 Å². The molecule has 0 aliphatic carbocycles. The molecule has 100 valence electrons. The Morgan fingerprint density at radius 3 is 2.58 bits per heavy atom. The van der Waals surface area contributed by atoms with Crippen LogP contribution in [0.25, 0.3) is 0 Å². The molecule has 1 aromatic carbocycles. The molecule has 0 amide bonds. The molecular formula is C14H14O5. The van der Waals surface area contributed by atoms with Gasteiger partial charge in [0.1, 0.15) is 0 Å². The monoisotopic (exact) mass is 262 g/mol. The molecular weight excluding hydrogens is 248 g/mol. The summed E-state index contributed by atoms with van der Waals surface area (Å²) in [5, 5.41) is 18.4. The third-order valence-corrected chi connectivity index (χ3v) is 3.17. The molecule has 1 heterocycles. The van der Waals surface area contributed by atoms with Gasteiger partial charge in [0.05, 0.1) is 23.8 Å². The number of hydrogen-bond acceptors (Lipinski definition) is 3. The highest BCUT2D eigenvalue weighted by Crippen LogP contribution is 2.35. The standard InChI is InChI=1S/C14H14O5/c1-2-4-8(11-7-19-11)9-5-3-6-10(13(15)16)12(9)14(17)18/h2-3,5-6,8,11H,1,4,7H2,(H,15,16)(H,17,18). The van der Waals surface area contributed by atoms with Crippen molar-refractivity contribution in [1.29, 1.82) is 0 Å². The number of rotatable bonds is 6. The number of benzene rings is 1. The molecule has 1 aliphatic rings. The highest BCUT2D eigenvalue weighted by Gasteiger charge is 2.36. The Balaban J connectivity index is 2.54. The summed E-state index contributed by atoms with van der Waals surface area (Å²) in [4.78, 5) is 22.5. The normalized spacial score (nSPS) is 18.6. The lowest BCUT2D eigenvalue weighted by Crippen LogP contribution is -2.16. The van der Waals surface area contributed by atoms with Crippen molar-refractivity contribution in [3.05, 3.63) is 47.5 Å². The first-order valence-electron chi connectivity index (χ1n) is 5.88. The summed E-state index contributed by atoms with van der Waals surface area (Å²) in [6, 6.07) is 4.50. The number of carbonyl (C=O) groups is 2. The predicted octanol–water partition coefficient (Wildman–Crippen LogP) is 2.14. The SMILES string of the molecule is C=CCC(c1cccc(C(=O)O)c1C(=O)O)C1CO1. The van der Waals surface area contributed by atoms with E-state index in [2.05, 4.69) is 6.58 Å². The topological polar surface area (TPSA) is 87.1 Å². The Labute approximate surface area is 110 Å². The summed E-state index contributed by atoms with van der Waals surface area (Å²) < 4.78 is 5.22. The van der Waals surface area contributed by atoms with E-state index >= 15 is 0 Å². The fraction of sp³-hybridized carbons (Fsp3) is 0.286. The number of ether oxygens (including phenoxy) is 1. The van der Waals surface area contributed by atoms with Gasteiger partial charge in [-0.25, -0.2) is 9.59 Å². The Morgan fingerprint density at radius 2 is 2.11 bits per heavy atom. The summed E-state index contributed by atoms with van der Waals surface area (Å²) in [6.07, 6.45) is 2.18. The van der Waals surface area contributed by atoms with Crippen LogP contribution in [-0.2, 0) is 4.74 Å². The summed E-state index contributed by atoms with van der Waals surface area (Å²) in [5.41, 5.74) is 0.145. The molecule has 1 saturated heterocycles. The van der Waals surface area contributed by atoms with Gasteiger partial charge in [0, 0.05) is 5.92 Å². The molecule has 0 bridgehead atoms. The molecule has 2 N–H and O–H groups in total. The minimum Gasteiger partial charge on any atom is -0.478 e. The third kappa shape index (κ3) is 2.66. The molecule has 1 fully saturated rings. The van der Waals surface area contributed by atoms with Crippen LogP contribution < -0.4 is 0 Å². The maximum absolute atomic E-state index is 11.4. The van der Waals surface area contributed by atoms with Gasteiger partial charge in [-0.2, -0.15) is 0 Å². The molecule has 5 heteroatoms. The average Bonchev–Trinajstić information content (AvgIpc) is 3.19. The molecule has 0 saturated carbocycles. The first-order valence-corrected chi connectivity index (χ1v) is 5.88. The van der Waals surface area contributed by atoms with Crippen LogP contribution in [0.4, 0.5) is 0 Å². The number of allylic oxidation sites excluding steroid dienone is 1. The number of carboxylic acids is 2. The lowest BCUT2D eigenvalue weighted by atomic mass is 9.87. The molecule has 19 heavy (non-hydrogen) atoms. The summed E-state index contributed by atoms with van der Waals surface area (Å²) in [7, 11) is 0. The van der Waals surface area contributed by atoms with Gasteiger partial charge < -0.3 is 14.9 Å². The highest BCUT2D eigenvalue weighted by molar-refractivity contribution is 6.02. The average molecular weight is 262 g/mol. The van der Waals surface area contributed by atoms with Gasteiger partial charge in [0.15, 0.2) is 0 Å². The van der Waals surface area contributed by atoms with Crippen LogP contribution in [0.15, 0.2) is 30.9 Å². The molecule has 0 spiro atoms. The second-order valence-electron chi connectivity index (χ2n) is 4.38. The zero-order valence-corrected chi connectivity index (χ0v) is 10.2. The maximum atomic E-state index is 11.4. The Kier molecular flexibility index (Phi) is 3.66. The molecule has 1 aliphatic heterocycles. The quantitative estimate of drug-likeness (QED) is 0.605. The van der Waals surface area contributed by atoms with Crippen molar-refractivity contribution < 1.29 is 24.5 Å². The van der Waals surface area contributed by atoms with Crippen molar-refractivity contribution in [1.82, 2.24) is 0 Å². The second kappa shape index (κ2) is 5.24. The fourth-order valence-corrected chi connectivity index (χ4v) is 2.24. The van der Waals surface area contributed by atoms with Crippen LogP contribution in [0.1, 0.15) is 38.6 Å². The first kappa shape index (κ1) is 13.3. The van der Waals surface area contributed by atoms with E-state index in [4.69, 9.17) is 9.84 Å². The smallest absolute Gasteiger partial charge is 0.336 e. The molecule has 5 nitrogen and oxygen atoms in total. The molecule has 2 rings (SSSR count). The lowest BCUT2D eigenvalue weighted by Gasteiger charge is -2.17. The highest BCUT2D eigenvalue weighted by atomic mass is 16.6. The van der Waals surface area contributed by atoms with Crippen molar-refractivity contribution in [3.8, 4) is 0 Å². The van der Waals surface area contributed by atoms with Crippen molar-refractivity contribution in [3.63, 3.8) is 0 Å². The van der Waals surface area contributed by atoms with E-state index in [1.807, 2.05) is 0 Å². The lowest BCUT2D eigenvalue weighted by molar-refractivity contribution is 0.0650. The van der Waals surface area contributed by atoms with E-state index in [-0.39, 0.29) is 23.1 Å². The molecule has 1 aromatic rings. The first-order chi connectivity index (χ1) is 9.06. The van der Waals surface area contributed by atoms with Crippen LogP contribution in [-0.4, -0.2) is 34.9 Å². The third-order valence-electron chi connectivity index (χ3n) is 3.17. The number of epoxide rings is 1. The minimum absolute atomic E-state index is 0.0554. The van der Waals surface area contributed by atoms with Gasteiger partial charge in [0.2, 0.25) is 0 Å². The zero-order valence-electron chi connectivity index (χ0n) is 10.2.